The quantitative estimate of drug-likeness (QED) is 0.271. The maximum atomic E-state index is 5.23. The molecule has 0 atom stereocenters. The van der Waals surface area contributed by atoms with Crippen molar-refractivity contribution in [3.8, 4) is 0 Å². The van der Waals surface area contributed by atoms with Gasteiger partial charge in [-0.15, -0.1) is 0 Å². The van der Waals surface area contributed by atoms with Gasteiger partial charge in [0.1, 0.15) is 0 Å². The molecule has 0 fully saturated rings. The lowest BCUT2D eigenvalue weighted by atomic mass is 10.1. The third-order valence-corrected chi connectivity index (χ3v) is 2.00. The zero-order valence-corrected chi connectivity index (χ0v) is 8.86. The van der Waals surface area contributed by atoms with Crippen LogP contribution in [0.25, 0.3) is 0 Å². The van der Waals surface area contributed by atoms with Gasteiger partial charge in [-0.05, 0) is 51.1 Å². The minimum atomic E-state index is 0.319. The maximum Gasteiger partial charge on any atom is -0.00247 e. The van der Waals surface area contributed by atoms with E-state index in [4.69, 9.17) is 34.4 Å². The van der Waals surface area contributed by atoms with Crippen LogP contribution in [0.1, 0.15) is 0 Å². The van der Waals surface area contributed by atoms with Crippen molar-refractivity contribution in [2.75, 3.05) is 39.3 Å². The lowest BCUT2D eigenvalue weighted by Gasteiger charge is -2.05. The summed E-state index contributed by atoms with van der Waals surface area (Å²) in [6.07, 6.45) is 0. The van der Waals surface area contributed by atoms with Crippen LogP contribution in [0.15, 0.2) is 0 Å². The minimum absolute atomic E-state index is 0.319. The molecule has 6 heteroatoms. The Hall–Kier alpha value is -0.240. The van der Waals surface area contributed by atoms with Crippen LogP contribution in [0.5, 0.6) is 0 Å². The maximum absolute atomic E-state index is 5.23. The number of hydrogen-bond acceptors (Lipinski definition) is 6. The van der Waals surface area contributed by atoms with Gasteiger partial charge in [-0.1, -0.05) is 0 Å². The van der Waals surface area contributed by atoms with Crippen molar-refractivity contribution in [1.29, 1.82) is 0 Å². The van der Waals surface area contributed by atoms with Crippen LogP contribution in [0.3, 0.4) is 0 Å². The van der Waals surface area contributed by atoms with Crippen LogP contribution in [0.4, 0.5) is 0 Å². The summed E-state index contributed by atoms with van der Waals surface area (Å²) < 4.78 is 0. The Morgan fingerprint density at radius 1 is 0.429 bits per heavy atom. The average molecular weight is 206 g/mol. The van der Waals surface area contributed by atoms with E-state index in [9.17, 15) is 0 Å². The Morgan fingerprint density at radius 3 is 0.571 bits per heavy atom. The molecule has 0 aliphatic carbocycles. The van der Waals surface area contributed by atoms with Gasteiger partial charge in [0.2, 0.25) is 0 Å². The highest BCUT2D eigenvalue weighted by Gasteiger charge is 1.97. The highest BCUT2D eigenvalue weighted by molar-refractivity contribution is 4.59. The van der Waals surface area contributed by atoms with E-state index < -0.39 is 0 Å². The van der Waals surface area contributed by atoms with Crippen LogP contribution in [-0.2, 0) is 0 Å². The smallest absolute Gasteiger partial charge is 0.00247 e. The third-order valence-electron chi connectivity index (χ3n) is 2.00. The second-order valence-corrected chi connectivity index (χ2v) is 3.15. The Bertz CT molecular complexity index is 68.8. The largest absolute Gasteiger partial charge is 0.330 e. The molecule has 88 valence electrons. The standard InChI is InChI=1S/2C4H13N3/c2*5-1-4(2-6)3-7/h2*4H,1-3,5-7H2. The van der Waals surface area contributed by atoms with Gasteiger partial charge in [0, 0.05) is 0 Å². The second kappa shape index (κ2) is 12.8. The molecular formula is C8H26N6. The average Bonchev–Trinajstić information content (AvgIpc) is 2.24. The van der Waals surface area contributed by atoms with Crippen molar-refractivity contribution in [3.05, 3.63) is 0 Å². The Morgan fingerprint density at radius 2 is 0.571 bits per heavy atom. The topological polar surface area (TPSA) is 156 Å². The van der Waals surface area contributed by atoms with E-state index in [0.717, 1.165) is 0 Å². The summed E-state index contributed by atoms with van der Waals surface area (Å²) in [6.45, 7) is 3.63. The molecule has 14 heavy (non-hydrogen) atoms. The van der Waals surface area contributed by atoms with E-state index >= 15 is 0 Å². The fourth-order valence-electron chi connectivity index (χ4n) is 0.577. The van der Waals surface area contributed by atoms with Crippen LogP contribution in [0.2, 0.25) is 0 Å². The van der Waals surface area contributed by atoms with Gasteiger partial charge < -0.3 is 34.4 Å². The molecule has 0 amide bonds. The van der Waals surface area contributed by atoms with E-state index in [1.165, 1.54) is 0 Å². The minimum Gasteiger partial charge on any atom is -0.330 e. The molecule has 0 rings (SSSR count). The summed E-state index contributed by atoms with van der Waals surface area (Å²) in [5, 5.41) is 0. The molecule has 0 aromatic heterocycles. The van der Waals surface area contributed by atoms with Crippen molar-refractivity contribution >= 4 is 0 Å². The van der Waals surface area contributed by atoms with E-state index in [1.54, 1.807) is 0 Å². The van der Waals surface area contributed by atoms with Crippen molar-refractivity contribution in [1.82, 2.24) is 0 Å². The van der Waals surface area contributed by atoms with E-state index in [0.29, 0.717) is 51.1 Å². The highest BCUT2D eigenvalue weighted by atomic mass is 14.7. The molecule has 0 saturated carbocycles. The van der Waals surface area contributed by atoms with E-state index in [1.807, 2.05) is 0 Å². The second-order valence-electron chi connectivity index (χ2n) is 3.15. The van der Waals surface area contributed by atoms with Crippen molar-refractivity contribution in [2.45, 2.75) is 0 Å². The lowest BCUT2D eigenvalue weighted by molar-refractivity contribution is 0.563. The summed E-state index contributed by atoms with van der Waals surface area (Å²) >= 11 is 0. The molecular weight excluding hydrogens is 180 g/mol. The monoisotopic (exact) mass is 206 g/mol. The molecule has 0 saturated heterocycles. The Labute approximate surface area is 86.3 Å². The first-order valence-corrected chi connectivity index (χ1v) is 4.90. The first-order valence-electron chi connectivity index (χ1n) is 4.90. The first-order chi connectivity index (χ1) is 6.69. The van der Waals surface area contributed by atoms with Gasteiger partial charge in [0.25, 0.3) is 0 Å². The fourth-order valence-corrected chi connectivity index (χ4v) is 0.577. The molecule has 0 bridgehead atoms. The van der Waals surface area contributed by atoms with Crippen molar-refractivity contribution in [3.63, 3.8) is 0 Å². The summed E-state index contributed by atoms with van der Waals surface area (Å²) in [7, 11) is 0. The van der Waals surface area contributed by atoms with E-state index in [2.05, 4.69) is 0 Å². The highest BCUT2D eigenvalue weighted by Crippen LogP contribution is 1.82. The molecule has 0 aromatic rings. The van der Waals surface area contributed by atoms with Gasteiger partial charge in [-0.3, -0.25) is 0 Å². The Kier molecular flexibility index (Phi) is 14.8. The first kappa shape index (κ1) is 16.2. The summed E-state index contributed by atoms with van der Waals surface area (Å²) in [5.74, 6) is 0.639. The van der Waals surface area contributed by atoms with Crippen molar-refractivity contribution < 1.29 is 0 Å². The fraction of sp³-hybridized carbons (Fsp3) is 1.00. The number of hydrogen-bond donors (Lipinski definition) is 6. The zero-order valence-electron chi connectivity index (χ0n) is 8.86. The third kappa shape index (κ3) is 9.85. The molecule has 0 radical (unpaired) electrons. The van der Waals surface area contributed by atoms with Crippen LogP contribution >= 0.6 is 0 Å². The zero-order chi connectivity index (χ0) is 11.4. The lowest BCUT2D eigenvalue weighted by Crippen LogP contribution is -2.29. The summed E-state index contributed by atoms with van der Waals surface area (Å²) in [6, 6.07) is 0. The predicted molar refractivity (Wildman–Crippen MR) is 61.3 cm³/mol. The van der Waals surface area contributed by atoms with Gasteiger partial charge in [-0.25, -0.2) is 0 Å². The van der Waals surface area contributed by atoms with Crippen LogP contribution in [0, 0.1) is 11.8 Å². The van der Waals surface area contributed by atoms with Gasteiger partial charge >= 0.3 is 0 Å². The molecule has 6 nitrogen and oxygen atoms in total. The Balaban J connectivity index is 0. The molecule has 12 N–H and O–H groups in total. The molecule has 0 spiro atoms. The number of nitrogens with two attached hydrogens (primary N) is 6. The van der Waals surface area contributed by atoms with Gasteiger partial charge in [-0.2, -0.15) is 0 Å². The van der Waals surface area contributed by atoms with Crippen molar-refractivity contribution in [2.24, 2.45) is 46.2 Å². The van der Waals surface area contributed by atoms with Gasteiger partial charge in [0.05, 0.1) is 0 Å². The summed E-state index contributed by atoms with van der Waals surface area (Å²) in [4.78, 5) is 0. The number of rotatable bonds is 6. The van der Waals surface area contributed by atoms with Crippen LogP contribution < -0.4 is 34.4 Å². The molecule has 0 aliphatic heterocycles. The normalized spacial score (nSPS) is 10.3. The van der Waals surface area contributed by atoms with Crippen LogP contribution in [-0.4, -0.2) is 39.3 Å². The SMILES string of the molecule is NCC(CN)CN.NCC(CN)CN. The van der Waals surface area contributed by atoms with E-state index in [-0.39, 0.29) is 0 Å². The molecule has 0 heterocycles. The predicted octanol–water partition coefficient (Wildman–Crippen LogP) is -3.04. The molecule has 0 aromatic carbocycles. The molecule has 0 unspecified atom stereocenters. The molecule has 0 aliphatic rings. The van der Waals surface area contributed by atoms with Gasteiger partial charge in [0.15, 0.2) is 0 Å². The summed E-state index contributed by atoms with van der Waals surface area (Å²) in [5.41, 5.74) is 31.4.